The van der Waals surface area contributed by atoms with Crippen molar-refractivity contribution in [3.63, 3.8) is 0 Å². The van der Waals surface area contributed by atoms with Crippen LogP contribution in [0.2, 0.25) is 0 Å². The SMILES string of the molecule is CCn1nc(-c2cccc(C=O)c2)nc1-c1ccc(OC)cc1. The van der Waals surface area contributed by atoms with Gasteiger partial charge in [0.25, 0.3) is 0 Å². The molecule has 1 aromatic heterocycles. The molecule has 0 N–H and O–H groups in total. The van der Waals surface area contributed by atoms with Crippen LogP contribution in [0, 0.1) is 0 Å². The Kier molecular flexibility index (Phi) is 4.19. The number of methoxy groups -OCH3 is 1. The molecule has 0 fully saturated rings. The summed E-state index contributed by atoms with van der Waals surface area (Å²) in [5.74, 6) is 2.21. The lowest BCUT2D eigenvalue weighted by Gasteiger charge is -2.03. The van der Waals surface area contributed by atoms with Crippen LogP contribution in [0.15, 0.2) is 48.5 Å². The van der Waals surface area contributed by atoms with Gasteiger partial charge in [0.2, 0.25) is 0 Å². The van der Waals surface area contributed by atoms with Crippen LogP contribution in [0.5, 0.6) is 5.75 Å². The molecule has 0 saturated heterocycles. The van der Waals surface area contributed by atoms with E-state index in [1.54, 1.807) is 19.2 Å². The van der Waals surface area contributed by atoms with Crippen LogP contribution >= 0.6 is 0 Å². The van der Waals surface area contributed by atoms with Crippen LogP contribution in [0.25, 0.3) is 22.8 Å². The van der Waals surface area contributed by atoms with Gasteiger partial charge in [0.05, 0.1) is 7.11 Å². The molecule has 0 unspecified atom stereocenters. The van der Waals surface area contributed by atoms with Crippen molar-refractivity contribution < 1.29 is 9.53 Å². The highest BCUT2D eigenvalue weighted by atomic mass is 16.5. The maximum atomic E-state index is 10.9. The summed E-state index contributed by atoms with van der Waals surface area (Å²) in [6.45, 7) is 2.73. The minimum Gasteiger partial charge on any atom is -0.497 e. The summed E-state index contributed by atoms with van der Waals surface area (Å²) in [5.41, 5.74) is 2.41. The molecule has 3 aromatic rings. The normalized spacial score (nSPS) is 10.5. The lowest BCUT2D eigenvalue weighted by atomic mass is 10.1. The fourth-order valence-corrected chi connectivity index (χ4v) is 2.39. The zero-order valence-corrected chi connectivity index (χ0v) is 13.1. The van der Waals surface area contributed by atoms with Crippen molar-refractivity contribution in [2.24, 2.45) is 0 Å². The van der Waals surface area contributed by atoms with Crippen LogP contribution < -0.4 is 4.74 Å². The second-order valence-corrected chi connectivity index (χ2v) is 5.05. The molecule has 0 aliphatic carbocycles. The van der Waals surface area contributed by atoms with E-state index in [-0.39, 0.29) is 0 Å². The van der Waals surface area contributed by atoms with Crippen molar-refractivity contribution in [3.8, 4) is 28.5 Å². The summed E-state index contributed by atoms with van der Waals surface area (Å²) in [7, 11) is 1.64. The van der Waals surface area contributed by atoms with Crippen LogP contribution in [-0.4, -0.2) is 28.2 Å². The second-order valence-electron chi connectivity index (χ2n) is 5.05. The van der Waals surface area contributed by atoms with Crippen LogP contribution in [0.3, 0.4) is 0 Å². The van der Waals surface area contributed by atoms with Gasteiger partial charge in [-0.1, -0.05) is 18.2 Å². The molecular formula is C18H17N3O2. The topological polar surface area (TPSA) is 57.0 Å². The lowest BCUT2D eigenvalue weighted by Crippen LogP contribution is -1.99. The fourth-order valence-electron chi connectivity index (χ4n) is 2.39. The second kappa shape index (κ2) is 6.44. The minimum atomic E-state index is 0.612. The third kappa shape index (κ3) is 2.99. The van der Waals surface area contributed by atoms with Crippen molar-refractivity contribution in [2.45, 2.75) is 13.5 Å². The molecule has 0 atom stereocenters. The fraction of sp³-hybridized carbons (Fsp3) is 0.167. The van der Waals surface area contributed by atoms with Gasteiger partial charge in [0, 0.05) is 23.2 Å². The average molecular weight is 307 g/mol. The monoisotopic (exact) mass is 307 g/mol. The Morgan fingerprint density at radius 3 is 2.57 bits per heavy atom. The molecule has 1 heterocycles. The standard InChI is InChI=1S/C18H17N3O2/c1-3-21-18(14-7-9-16(23-2)10-8-14)19-17(20-21)15-6-4-5-13(11-15)12-22/h4-12H,3H2,1-2H3. The highest BCUT2D eigenvalue weighted by molar-refractivity contribution is 5.77. The Hall–Kier alpha value is -2.95. The van der Waals surface area contributed by atoms with Gasteiger partial charge in [0.15, 0.2) is 11.6 Å². The van der Waals surface area contributed by atoms with Crippen molar-refractivity contribution in [3.05, 3.63) is 54.1 Å². The highest BCUT2D eigenvalue weighted by Crippen LogP contribution is 2.24. The van der Waals surface area contributed by atoms with E-state index in [1.165, 1.54) is 0 Å². The molecule has 5 heteroatoms. The summed E-state index contributed by atoms with van der Waals surface area (Å²) in [6.07, 6.45) is 0.824. The molecule has 0 amide bonds. The molecule has 3 rings (SSSR count). The Labute approximate surface area is 134 Å². The van der Waals surface area contributed by atoms with Gasteiger partial charge in [-0.25, -0.2) is 9.67 Å². The summed E-state index contributed by atoms with van der Waals surface area (Å²) in [6, 6.07) is 15.0. The zero-order valence-electron chi connectivity index (χ0n) is 13.1. The lowest BCUT2D eigenvalue weighted by molar-refractivity contribution is 0.112. The Balaban J connectivity index is 2.04. The molecule has 5 nitrogen and oxygen atoms in total. The summed E-state index contributed by atoms with van der Waals surface area (Å²) < 4.78 is 7.04. The number of benzene rings is 2. The van der Waals surface area contributed by atoms with E-state index >= 15 is 0 Å². The molecule has 0 bridgehead atoms. The number of aldehydes is 1. The van der Waals surface area contributed by atoms with Crippen LogP contribution in [-0.2, 0) is 6.54 Å². The number of rotatable bonds is 5. The first-order valence-electron chi connectivity index (χ1n) is 7.40. The first-order chi connectivity index (χ1) is 11.2. The van der Waals surface area contributed by atoms with Crippen molar-refractivity contribution >= 4 is 6.29 Å². The molecule has 0 saturated carbocycles. The van der Waals surface area contributed by atoms with Gasteiger partial charge >= 0.3 is 0 Å². The highest BCUT2D eigenvalue weighted by Gasteiger charge is 2.13. The van der Waals surface area contributed by atoms with E-state index in [0.29, 0.717) is 17.9 Å². The Morgan fingerprint density at radius 1 is 1.13 bits per heavy atom. The molecule has 116 valence electrons. The van der Waals surface area contributed by atoms with E-state index in [2.05, 4.69) is 10.1 Å². The molecule has 23 heavy (non-hydrogen) atoms. The van der Waals surface area contributed by atoms with Gasteiger partial charge in [-0.2, -0.15) is 5.10 Å². The zero-order chi connectivity index (χ0) is 16.2. The predicted octanol–water partition coefficient (Wildman–Crippen LogP) is 3.45. The quantitative estimate of drug-likeness (QED) is 0.677. The number of carbonyl (C=O) groups is 1. The first kappa shape index (κ1) is 15.0. The van der Waals surface area contributed by atoms with E-state index in [1.807, 2.05) is 48.0 Å². The number of ether oxygens (including phenoxy) is 1. The number of hydrogen-bond acceptors (Lipinski definition) is 4. The van der Waals surface area contributed by atoms with Gasteiger partial charge in [-0.15, -0.1) is 0 Å². The van der Waals surface area contributed by atoms with Gasteiger partial charge in [-0.3, -0.25) is 4.79 Å². The van der Waals surface area contributed by atoms with E-state index in [0.717, 1.165) is 29.0 Å². The maximum absolute atomic E-state index is 10.9. The third-order valence-corrected chi connectivity index (χ3v) is 3.60. The third-order valence-electron chi connectivity index (χ3n) is 3.60. The molecule has 0 aliphatic heterocycles. The predicted molar refractivity (Wildman–Crippen MR) is 88.5 cm³/mol. The van der Waals surface area contributed by atoms with Crippen LogP contribution in [0.1, 0.15) is 17.3 Å². The number of aromatic nitrogens is 3. The largest absolute Gasteiger partial charge is 0.497 e. The van der Waals surface area contributed by atoms with Crippen molar-refractivity contribution in [1.82, 2.24) is 14.8 Å². The van der Waals surface area contributed by atoms with Gasteiger partial charge in [0.1, 0.15) is 12.0 Å². The summed E-state index contributed by atoms with van der Waals surface area (Å²) in [4.78, 5) is 15.6. The molecule has 0 aliphatic rings. The molecule has 0 radical (unpaired) electrons. The van der Waals surface area contributed by atoms with Crippen molar-refractivity contribution in [1.29, 1.82) is 0 Å². The van der Waals surface area contributed by atoms with Crippen molar-refractivity contribution in [2.75, 3.05) is 7.11 Å². The summed E-state index contributed by atoms with van der Waals surface area (Å²) in [5, 5.41) is 4.55. The van der Waals surface area contributed by atoms with E-state index in [9.17, 15) is 4.79 Å². The minimum absolute atomic E-state index is 0.612. The van der Waals surface area contributed by atoms with E-state index in [4.69, 9.17) is 4.74 Å². The van der Waals surface area contributed by atoms with E-state index < -0.39 is 0 Å². The number of carbonyl (C=O) groups excluding carboxylic acids is 1. The number of nitrogens with zero attached hydrogens (tertiary/aromatic N) is 3. The van der Waals surface area contributed by atoms with Gasteiger partial charge < -0.3 is 4.74 Å². The number of aryl methyl sites for hydroxylation is 1. The summed E-state index contributed by atoms with van der Waals surface area (Å²) >= 11 is 0. The average Bonchev–Trinajstić information content (AvgIpc) is 3.06. The molecule has 0 spiro atoms. The maximum Gasteiger partial charge on any atom is 0.181 e. The Bertz CT molecular complexity index is 823. The molecule has 2 aromatic carbocycles. The van der Waals surface area contributed by atoms with Crippen LogP contribution in [0.4, 0.5) is 0 Å². The first-order valence-corrected chi connectivity index (χ1v) is 7.40. The number of hydrogen-bond donors (Lipinski definition) is 0. The Morgan fingerprint density at radius 2 is 1.91 bits per heavy atom. The van der Waals surface area contributed by atoms with Gasteiger partial charge in [-0.05, 0) is 37.3 Å². The smallest absolute Gasteiger partial charge is 0.181 e. The molecular weight excluding hydrogens is 290 g/mol.